The molecular weight excluding hydrogens is 359 g/mol. The Morgan fingerprint density at radius 2 is 1.74 bits per heavy atom. The summed E-state index contributed by atoms with van der Waals surface area (Å²) in [4.78, 5) is 0.0126. The van der Waals surface area contributed by atoms with Crippen LogP contribution >= 0.6 is 22.3 Å². The third-order valence-electron chi connectivity index (χ3n) is 3.00. The van der Waals surface area contributed by atoms with E-state index in [-0.39, 0.29) is 4.90 Å². The topological polar surface area (TPSA) is 61.2 Å². The number of aromatic nitrogens is 2. The number of para-hydroxylation sites is 2. The first-order chi connectivity index (χ1) is 10.9. The maximum absolute atomic E-state index is 11.2. The van der Waals surface area contributed by atoms with Gasteiger partial charge in [0.05, 0.1) is 16.1 Å². The van der Waals surface area contributed by atoms with Gasteiger partial charge >= 0.3 is 0 Å². The highest BCUT2D eigenvalue weighted by molar-refractivity contribution is 8.13. The molecule has 0 bridgehead atoms. The summed E-state index contributed by atoms with van der Waals surface area (Å²) >= 11 is 5.89. The van der Waals surface area contributed by atoms with Crippen molar-refractivity contribution < 1.29 is 13.2 Å². The summed E-state index contributed by atoms with van der Waals surface area (Å²) < 4.78 is 29.9. The van der Waals surface area contributed by atoms with Crippen molar-refractivity contribution in [1.82, 2.24) is 9.78 Å². The Balaban J connectivity index is 1.92. The van der Waals surface area contributed by atoms with Crippen LogP contribution in [0.5, 0.6) is 11.5 Å². The Kier molecular flexibility index (Phi) is 4.30. The molecule has 118 valence electrons. The lowest BCUT2D eigenvalue weighted by atomic mass is 10.3. The first kappa shape index (κ1) is 15.9. The van der Waals surface area contributed by atoms with Crippen molar-refractivity contribution in [2.75, 3.05) is 0 Å². The van der Waals surface area contributed by atoms with Crippen LogP contribution in [0.2, 0.25) is 5.02 Å². The van der Waals surface area contributed by atoms with Gasteiger partial charge in [-0.25, -0.2) is 13.1 Å². The molecule has 0 atom stereocenters. The van der Waals surface area contributed by atoms with Gasteiger partial charge in [-0.1, -0.05) is 23.7 Å². The minimum absolute atomic E-state index is 0.0126. The number of hydrogen-bond acceptors (Lipinski definition) is 4. The number of rotatable bonds is 4. The molecule has 0 unspecified atom stereocenters. The lowest BCUT2D eigenvalue weighted by molar-refractivity contribution is 0.477. The molecule has 3 aromatic rings. The average molecular weight is 369 g/mol. The van der Waals surface area contributed by atoms with Crippen molar-refractivity contribution in [3.8, 4) is 17.2 Å². The van der Waals surface area contributed by atoms with Crippen LogP contribution in [-0.2, 0) is 9.05 Å². The van der Waals surface area contributed by atoms with Crippen LogP contribution in [0, 0.1) is 0 Å². The molecule has 0 saturated carbocycles. The second kappa shape index (κ2) is 6.23. The number of nitrogens with zero attached hydrogens (tertiary/aromatic N) is 2. The number of ether oxygens (including phenoxy) is 1. The molecule has 3 rings (SSSR count). The zero-order valence-corrected chi connectivity index (χ0v) is 13.9. The minimum Gasteiger partial charge on any atom is -0.455 e. The number of halogens is 2. The Labute approximate surface area is 142 Å². The Bertz CT molecular complexity index is 937. The van der Waals surface area contributed by atoms with E-state index in [1.165, 1.54) is 30.5 Å². The fourth-order valence-corrected chi connectivity index (χ4v) is 2.87. The maximum atomic E-state index is 11.2. The minimum atomic E-state index is -3.75. The summed E-state index contributed by atoms with van der Waals surface area (Å²) in [6.45, 7) is 0. The lowest BCUT2D eigenvalue weighted by Gasteiger charge is -2.11. The van der Waals surface area contributed by atoms with Crippen LogP contribution in [0.1, 0.15) is 0 Å². The van der Waals surface area contributed by atoms with E-state index >= 15 is 0 Å². The molecular formula is C15H10Cl2N2O3S. The fraction of sp³-hybridized carbons (Fsp3) is 0. The van der Waals surface area contributed by atoms with Gasteiger partial charge in [-0.15, -0.1) is 0 Å². The van der Waals surface area contributed by atoms with Crippen LogP contribution in [0.3, 0.4) is 0 Å². The molecule has 1 aromatic heterocycles. The van der Waals surface area contributed by atoms with Crippen molar-refractivity contribution in [3.05, 3.63) is 65.9 Å². The van der Waals surface area contributed by atoms with Crippen LogP contribution < -0.4 is 4.74 Å². The maximum Gasteiger partial charge on any atom is 0.261 e. The van der Waals surface area contributed by atoms with Crippen molar-refractivity contribution in [2.45, 2.75) is 4.90 Å². The highest BCUT2D eigenvalue weighted by Gasteiger charge is 2.11. The predicted molar refractivity (Wildman–Crippen MR) is 88.1 cm³/mol. The van der Waals surface area contributed by atoms with E-state index in [0.29, 0.717) is 22.2 Å². The zero-order valence-electron chi connectivity index (χ0n) is 11.6. The van der Waals surface area contributed by atoms with E-state index < -0.39 is 9.05 Å². The van der Waals surface area contributed by atoms with Gasteiger partial charge < -0.3 is 4.74 Å². The molecule has 0 aliphatic heterocycles. The van der Waals surface area contributed by atoms with Crippen LogP contribution in [-0.4, -0.2) is 18.2 Å². The molecule has 2 aromatic carbocycles. The largest absolute Gasteiger partial charge is 0.455 e. The van der Waals surface area contributed by atoms with Gasteiger partial charge in [-0.3, -0.25) is 0 Å². The molecule has 23 heavy (non-hydrogen) atoms. The summed E-state index contributed by atoms with van der Waals surface area (Å²) in [6.07, 6.45) is 3.19. The van der Waals surface area contributed by atoms with Crippen molar-refractivity contribution >= 4 is 31.3 Å². The van der Waals surface area contributed by atoms with E-state index in [1.807, 2.05) is 18.2 Å². The van der Waals surface area contributed by atoms with Gasteiger partial charge in [-0.2, -0.15) is 5.10 Å². The van der Waals surface area contributed by atoms with Gasteiger partial charge in [0.15, 0.2) is 5.75 Å². The molecule has 0 saturated heterocycles. The Morgan fingerprint density at radius 1 is 1.04 bits per heavy atom. The van der Waals surface area contributed by atoms with Crippen LogP contribution in [0.25, 0.3) is 5.69 Å². The summed E-state index contributed by atoms with van der Waals surface area (Å²) in [6, 6.07) is 13.1. The van der Waals surface area contributed by atoms with Crippen molar-refractivity contribution in [1.29, 1.82) is 0 Å². The quantitative estimate of drug-likeness (QED) is 0.646. The van der Waals surface area contributed by atoms with E-state index in [4.69, 9.17) is 27.0 Å². The molecule has 0 fully saturated rings. The van der Waals surface area contributed by atoms with E-state index in [2.05, 4.69) is 5.10 Å². The molecule has 0 amide bonds. The third kappa shape index (κ3) is 3.67. The van der Waals surface area contributed by atoms with E-state index in [0.717, 1.165) is 0 Å². The standard InChI is InChI=1S/C15H10Cl2N2O3S/c16-11-9-18-19(10-11)14-3-1-2-4-15(14)22-12-5-7-13(8-6-12)23(17,20)21/h1-10H. The van der Waals surface area contributed by atoms with Crippen LogP contribution in [0.4, 0.5) is 0 Å². The predicted octanol–water partition coefficient (Wildman–Crippen LogP) is 4.25. The zero-order chi connectivity index (χ0) is 16.4. The monoisotopic (exact) mass is 368 g/mol. The average Bonchev–Trinajstić information content (AvgIpc) is 2.94. The summed E-state index contributed by atoms with van der Waals surface area (Å²) in [7, 11) is 1.53. The highest BCUT2D eigenvalue weighted by atomic mass is 35.7. The summed E-state index contributed by atoms with van der Waals surface area (Å²) in [5.74, 6) is 1.02. The molecule has 8 heteroatoms. The van der Waals surface area contributed by atoms with Gasteiger partial charge in [0.25, 0.3) is 9.05 Å². The van der Waals surface area contributed by atoms with Gasteiger partial charge in [0, 0.05) is 16.9 Å². The smallest absolute Gasteiger partial charge is 0.261 e. The van der Waals surface area contributed by atoms with Crippen LogP contribution in [0.15, 0.2) is 65.8 Å². The normalized spacial score (nSPS) is 11.4. The first-order valence-electron chi connectivity index (χ1n) is 6.46. The van der Waals surface area contributed by atoms with Gasteiger partial charge in [-0.05, 0) is 36.4 Å². The van der Waals surface area contributed by atoms with E-state index in [1.54, 1.807) is 16.9 Å². The van der Waals surface area contributed by atoms with Crippen molar-refractivity contribution in [3.63, 3.8) is 0 Å². The molecule has 0 N–H and O–H groups in total. The first-order valence-corrected chi connectivity index (χ1v) is 9.14. The second-order valence-corrected chi connectivity index (χ2v) is 7.58. The van der Waals surface area contributed by atoms with Crippen molar-refractivity contribution in [2.24, 2.45) is 0 Å². The molecule has 0 aliphatic carbocycles. The summed E-state index contributed by atoms with van der Waals surface area (Å²) in [5, 5.41) is 4.65. The molecule has 0 radical (unpaired) electrons. The van der Waals surface area contributed by atoms with Gasteiger partial charge in [0.1, 0.15) is 11.4 Å². The third-order valence-corrected chi connectivity index (χ3v) is 4.56. The molecule has 0 aliphatic rings. The SMILES string of the molecule is O=S(=O)(Cl)c1ccc(Oc2ccccc2-n2cc(Cl)cn2)cc1. The lowest BCUT2D eigenvalue weighted by Crippen LogP contribution is -1.98. The van der Waals surface area contributed by atoms with E-state index in [9.17, 15) is 8.42 Å². The fourth-order valence-electron chi connectivity index (χ4n) is 1.96. The summed E-state index contributed by atoms with van der Waals surface area (Å²) in [5.41, 5.74) is 0.702. The van der Waals surface area contributed by atoms with Gasteiger partial charge in [0.2, 0.25) is 0 Å². The highest BCUT2D eigenvalue weighted by Crippen LogP contribution is 2.29. The Hall–Kier alpha value is -2.02. The second-order valence-electron chi connectivity index (χ2n) is 4.58. The Morgan fingerprint density at radius 3 is 2.35 bits per heavy atom. The molecule has 0 spiro atoms. The molecule has 1 heterocycles. The molecule has 5 nitrogen and oxygen atoms in total. The number of hydrogen-bond donors (Lipinski definition) is 0. The number of benzene rings is 2.